The number of thiophene rings is 13. The minimum Gasteiger partial charge on any atom is -0.455 e. The average Bonchev–Trinajstić information content (AvgIpc) is 1.61. The molecule has 135 heavy (non-hydrogen) atoms. The number of imidazole rings is 1. The summed E-state index contributed by atoms with van der Waals surface area (Å²) < 4.78 is 37.9. The second-order valence-corrected chi connectivity index (χ2v) is 44.4. The van der Waals surface area contributed by atoms with Gasteiger partial charge < -0.3 is 24.4 Å². The van der Waals surface area contributed by atoms with E-state index in [-0.39, 0.29) is 0 Å². The molecule has 10 nitrogen and oxygen atoms in total. The van der Waals surface area contributed by atoms with E-state index in [0.29, 0.717) is 0 Å². The fourth-order valence-corrected chi connectivity index (χ4v) is 31.2. The summed E-state index contributed by atoms with van der Waals surface area (Å²) >= 11 is 25.3. The number of hydrogen-bond donors (Lipinski definition) is 4. The van der Waals surface area contributed by atoms with Crippen LogP contribution in [0.5, 0.6) is 0 Å². The van der Waals surface area contributed by atoms with Gasteiger partial charge in [-0.1, -0.05) is 182 Å². The molecular formula is C111H75N9OS14. The largest absolute Gasteiger partial charge is 0.455 e. The van der Waals surface area contributed by atoms with Gasteiger partial charge in [-0.15, -0.1) is 147 Å². The molecule has 4 N–H and O–H groups in total. The minimum atomic E-state index is 0.977. The Balaban J connectivity index is 0.0000000861. The second kappa shape index (κ2) is 41.0. The average molecular weight is 2000 g/mol. The molecule has 21 heterocycles. The lowest BCUT2D eigenvalue weighted by Crippen LogP contribution is -1.83. The highest BCUT2D eigenvalue weighted by atomic mass is 32.2. The number of fused-ring (bicyclic) bond motifs is 30. The normalized spacial score (nSPS) is 11.5. The maximum Gasteiger partial charge on any atom is 0.146 e. The van der Waals surface area contributed by atoms with Gasteiger partial charge in [-0.2, -0.15) is 8.75 Å². The number of nitrogens with zero attached hydrogens (tertiary/aromatic N) is 5. The Morgan fingerprint density at radius 3 is 1.45 bits per heavy atom. The van der Waals surface area contributed by atoms with Crippen LogP contribution in [0.1, 0.15) is 22.4 Å². The lowest BCUT2D eigenvalue weighted by atomic mass is 10.1. The Morgan fingerprint density at radius 2 is 0.785 bits per heavy atom. The molecule has 33 rings (SSSR count). The van der Waals surface area contributed by atoms with Crippen LogP contribution in [0.25, 0.3) is 200 Å². The van der Waals surface area contributed by atoms with Crippen molar-refractivity contribution in [1.82, 2.24) is 43.6 Å². The molecule has 0 saturated carbocycles. The summed E-state index contributed by atoms with van der Waals surface area (Å²) in [6.07, 6.45) is 15.7. The van der Waals surface area contributed by atoms with Crippen LogP contribution >= 0.6 is 159 Å². The Bertz CT molecular complexity index is 8690. The van der Waals surface area contributed by atoms with Crippen LogP contribution in [0.3, 0.4) is 0 Å². The smallest absolute Gasteiger partial charge is 0.146 e. The zero-order valence-corrected chi connectivity index (χ0v) is 82.9. The van der Waals surface area contributed by atoms with Gasteiger partial charge in [0, 0.05) is 139 Å². The molecule has 0 amide bonds. The number of hydrogen-bond acceptors (Lipinski definition) is 20. The highest BCUT2D eigenvalue weighted by Crippen LogP contribution is 2.46. The van der Waals surface area contributed by atoms with Gasteiger partial charge in [0.05, 0.1) is 82.7 Å². The van der Waals surface area contributed by atoms with E-state index in [4.69, 9.17) is 4.42 Å². The number of para-hydroxylation sites is 5. The number of pyridine rings is 2. The van der Waals surface area contributed by atoms with Crippen molar-refractivity contribution in [1.29, 1.82) is 0 Å². The zero-order chi connectivity index (χ0) is 90.0. The first-order valence-corrected chi connectivity index (χ1v) is 55.0. The van der Waals surface area contributed by atoms with Crippen LogP contribution in [0.4, 0.5) is 0 Å². The van der Waals surface area contributed by atoms with Crippen molar-refractivity contribution >= 4 is 348 Å². The fraction of sp³-hybridized carbons (Fsp3) is 0.0180. The predicted octanol–water partition coefficient (Wildman–Crippen LogP) is 37.9. The van der Waals surface area contributed by atoms with Crippen molar-refractivity contribution in [3.8, 4) is 11.3 Å². The summed E-state index contributed by atoms with van der Waals surface area (Å²) in [5, 5.41) is 29.0. The Morgan fingerprint density at radius 1 is 0.289 bits per heavy atom. The van der Waals surface area contributed by atoms with Crippen molar-refractivity contribution in [2.45, 2.75) is 12.8 Å². The van der Waals surface area contributed by atoms with Crippen LogP contribution in [0, 0.1) is 0 Å². The highest BCUT2D eigenvalue weighted by Gasteiger charge is 2.22. The van der Waals surface area contributed by atoms with E-state index in [9.17, 15) is 0 Å². The number of rotatable bonds is 0. The molecule has 0 spiro atoms. The third-order valence-corrected chi connectivity index (χ3v) is 37.4. The van der Waals surface area contributed by atoms with Gasteiger partial charge in [0.15, 0.2) is 0 Å². The number of aromatic amines is 4. The quantitative estimate of drug-likeness (QED) is 0.111. The van der Waals surface area contributed by atoms with Crippen molar-refractivity contribution < 1.29 is 4.42 Å². The van der Waals surface area contributed by atoms with E-state index in [1.165, 1.54) is 173 Å². The van der Waals surface area contributed by atoms with Gasteiger partial charge in [0.2, 0.25) is 0 Å². The number of aromatic nitrogens is 9. The number of allylic oxidation sites excluding steroid dienone is 1. The molecule has 21 aromatic heterocycles. The summed E-state index contributed by atoms with van der Waals surface area (Å²) in [5.41, 5.74) is 18.8. The Kier molecular flexibility index (Phi) is 26.5. The van der Waals surface area contributed by atoms with Gasteiger partial charge in [-0.05, 0) is 217 Å². The highest BCUT2D eigenvalue weighted by molar-refractivity contribution is 7.43. The van der Waals surface area contributed by atoms with Crippen LogP contribution < -0.4 is 0 Å². The molecule has 0 bridgehead atoms. The van der Waals surface area contributed by atoms with E-state index >= 15 is 0 Å². The summed E-state index contributed by atoms with van der Waals surface area (Å²) in [5.74, 6) is 0. The number of nitrogens with one attached hydrogen (secondary N) is 4. The molecular weight excluding hydrogens is 1920 g/mol. The fourth-order valence-electron chi connectivity index (χ4n) is 16.2. The number of H-pyrrole nitrogens is 4. The summed E-state index contributed by atoms with van der Waals surface area (Å²) in [6, 6.07) is 109. The van der Waals surface area contributed by atoms with Crippen LogP contribution in [-0.4, -0.2) is 43.6 Å². The lowest BCUT2D eigenvalue weighted by Gasteiger charge is -2.00. The molecule has 2 aliphatic carbocycles. The molecule has 0 radical (unpaired) electrons. The number of furan rings is 1. The van der Waals surface area contributed by atoms with Crippen molar-refractivity contribution in [2.24, 2.45) is 0 Å². The number of benzene rings is 10. The minimum absolute atomic E-state index is 0.977. The zero-order valence-electron chi connectivity index (χ0n) is 71.5. The van der Waals surface area contributed by atoms with Gasteiger partial charge in [-0.3, -0.25) is 9.97 Å². The molecule has 0 unspecified atom stereocenters. The van der Waals surface area contributed by atoms with Crippen molar-refractivity contribution in [3.05, 3.63) is 418 Å². The van der Waals surface area contributed by atoms with Crippen LogP contribution in [0.2, 0.25) is 0 Å². The molecule has 24 heteroatoms. The second-order valence-electron chi connectivity index (χ2n) is 30.9. The summed E-state index contributed by atoms with van der Waals surface area (Å²) in [4.78, 5) is 25.5. The van der Waals surface area contributed by atoms with E-state index in [1.807, 2.05) is 223 Å². The SMILES string of the molecule is C1=Cc2[nH]ccc2C1.c1cc2c(s1)sc1ccsc12.c1cc2sc3ccsc3c2s1.c1cc2sccc2s1.c1ccc2[nH]ccc2c1.c1ccc2[nH]cnc2c1.c1ccc2c(c1)Cc1c-2[nH]c2ccccc12.c1ccc2c(c1)oc1ccsc12.c1ccc2c(c1)sc1c3ccccc3sc21.c1ccc2c(c1)sc1ccsc12.c1ccc2nsnc2c1.c1cnc2c(c1)ccc1cccnc12. The van der Waals surface area contributed by atoms with Gasteiger partial charge >= 0.3 is 0 Å². The van der Waals surface area contributed by atoms with Crippen LogP contribution in [0.15, 0.2) is 400 Å². The van der Waals surface area contributed by atoms with Gasteiger partial charge in [0.1, 0.15) is 22.2 Å². The first kappa shape index (κ1) is 87.3. The monoisotopic (exact) mass is 2000 g/mol. The first-order chi connectivity index (χ1) is 66.9. The van der Waals surface area contributed by atoms with E-state index < -0.39 is 0 Å². The molecule has 0 fully saturated rings. The summed E-state index contributed by atoms with van der Waals surface area (Å²) in [6.45, 7) is 0. The van der Waals surface area contributed by atoms with E-state index in [0.717, 1.165) is 67.9 Å². The van der Waals surface area contributed by atoms with Gasteiger partial charge in [-0.25, -0.2) is 4.98 Å². The van der Waals surface area contributed by atoms with E-state index in [2.05, 4.69) is 317 Å². The summed E-state index contributed by atoms with van der Waals surface area (Å²) in [7, 11) is 0. The molecule has 0 saturated heterocycles. The molecule has 654 valence electrons. The standard InChI is InChI=1S/C15H11N.C14H8S2.C12H8N2.C10H6OS.C10H6S2.C8H7N.2C8H4S3.C7H6N2.C7H7N.C6H4N2S.C6H4S2/c1-2-6-11-10(5-1)9-13-12-7-3-4-8-14(12)16-15(11)13;1-3-7-11-9(5-1)13-14(15-11)10-6-2-4-8-12(10)16-13;1-3-9-5-6-10-4-2-8-14-12(10)11(9)13-7-1;1-2-4-8-7(3-1)10-9(11-8)5-6-12-10;1-2-4-8-7(3-1)10-9(12-8)5-6-11-10;1-2-4-8-7(3-1)5-6-9-8;1-3-9-7-5(1)11-6-2-4-10-8(6)7;1-3-10-8-5(1)7-6(11-8)2-4-9-7;1-2-4-7-6(3-1)8-5-9-7;1-2-6-4-5-8-7(6)3-1;1-2-4-6-5(3-1)7-9-8-6;1-3-7-6-2-4-8-5(1)6/h1-8,16H,9H2;1-8H;1-8H;2*1-6H;1-6,9H;2*1-4H;1-5H,(H,8,9);1,3-5,8H,2H2;1-4H;1-4H. The van der Waals surface area contributed by atoms with Gasteiger partial charge in [0.25, 0.3) is 0 Å². The Hall–Kier alpha value is -13.1. The third-order valence-electron chi connectivity index (χ3n) is 22.6. The molecule has 0 atom stereocenters. The predicted molar refractivity (Wildman–Crippen MR) is 602 cm³/mol. The molecule has 0 aliphatic heterocycles. The maximum atomic E-state index is 5.60. The molecule has 10 aromatic carbocycles. The van der Waals surface area contributed by atoms with E-state index in [1.54, 1.807) is 52.7 Å². The lowest BCUT2D eigenvalue weighted by molar-refractivity contribution is 0.670. The molecule has 2 aliphatic rings. The Labute approximate surface area is 829 Å². The maximum absolute atomic E-state index is 5.60. The van der Waals surface area contributed by atoms with Crippen molar-refractivity contribution in [2.75, 3.05) is 0 Å². The topological polar surface area (TPSA) is 141 Å². The first-order valence-electron chi connectivity index (χ1n) is 43.2. The third kappa shape index (κ3) is 19.1. The van der Waals surface area contributed by atoms with Crippen molar-refractivity contribution in [3.63, 3.8) is 0 Å². The molecule has 31 aromatic rings. The van der Waals surface area contributed by atoms with Crippen LogP contribution in [-0.2, 0) is 12.8 Å².